The summed E-state index contributed by atoms with van der Waals surface area (Å²) in [5.41, 5.74) is 1.11. The standard InChI is InChI=1S/C13H15N3OS2/c1-10-15-16-13(19-10)18-8-7-12(17)14-9-11-5-3-2-4-6-11/h2-6H,7-9H2,1H3,(H,14,17). The van der Waals surface area contributed by atoms with Crippen molar-refractivity contribution in [2.75, 3.05) is 5.75 Å². The number of aromatic nitrogens is 2. The van der Waals surface area contributed by atoms with Crippen LogP contribution in [-0.2, 0) is 11.3 Å². The van der Waals surface area contributed by atoms with Gasteiger partial charge < -0.3 is 5.32 Å². The minimum absolute atomic E-state index is 0.0672. The molecule has 0 unspecified atom stereocenters. The molecule has 1 aromatic carbocycles. The van der Waals surface area contributed by atoms with E-state index in [0.717, 1.165) is 20.7 Å². The third-order valence-corrected chi connectivity index (χ3v) is 4.37. The highest BCUT2D eigenvalue weighted by Crippen LogP contribution is 2.22. The summed E-state index contributed by atoms with van der Waals surface area (Å²) in [5.74, 6) is 0.799. The molecule has 0 spiro atoms. The van der Waals surface area contributed by atoms with Gasteiger partial charge in [-0.05, 0) is 12.5 Å². The Morgan fingerprint density at radius 3 is 2.79 bits per heavy atom. The highest BCUT2D eigenvalue weighted by Gasteiger charge is 2.04. The van der Waals surface area contributed by atoms with Crippen molar-refractivity contribution in [1.29, 1.82) is 0 Å². The summed E-state index contributed by atoms with van der Waals surface area (Å²) >= 11 is 3.13. The van der Waals surface area contributed by atoms with Crippen LogP contribution in [0.25, 0.3) is 0 Å². The Labute approximate surface area is 120 Å². The minimum Gasteiger partial charge on any atom is -0.352 e. The van der Waals surface area contributed by atoms with E-state index in [9.17, 15) is 4.79 Å². The molecule has 0 bridgehead atoms. The first-order valence-corrected chi connectivity index (χ1v) is 7.78. The molecule has 1 heterocycles. The Morgan fingerprint density at radius 2 is 2.11 bits per heavy atom. The van der Waals surface area contributed by atoms with Gasteiger partial charge in [0.2, 0.25) is 5.91 Å². The SMILES string of the molecule is Cc1nnc(SCCC(=O)NCc2ccccc2)s1. The van der Waals surface area contributed by atoms with Crippen LogP contribution in [0, 0.1) is 6.92 Å². The van der Waals surface area contributed by atoms with Gasteiger partial charge in [-0.1, -0.05) is 53.4 Å². The van der Waals surface area contributed by atoms with Crippen LogP contribution in [0.2, 0.25) is 0 Å². The maximum Gasteiger partial charge on any atom is 0.221 e. The molecule has 1 N–H and O–H groups in total. The summed E-state index contributed by atoms with van der Waals surface area (Å²) in [7, 11) is 0. The van der Waals surface area contributed by atoms with E-state index in [4.69, 9.17) is 0 Å². The molecule has 0 saturated heterocycles. The summed E-state index contributed by atoms with van der Waals surface area (Å²) in [6, 6.07) is 9.90. The van der Waals surface area contributed by atoms with Crippen LogP contribution in [0.15, 0.2) is 34.7 Å². The fourth-order valence-corrected chi connectivity index (χ4v) is 3.28. The Balaban J connectivity index is 1.65. The van der Waals surface area contributed by atoms with Crippen molar-refractivity contribution in [2.24, 2.45) is 0 Å². The number of nitrogens with one attached hydrogen (secondary N) is 1. The Kier molecular flexibility index (Phi) is 5.35. The highest BCUT2D eigenvalue weighted by molar-refractivity contribution is 8.01. The number of nitrogens with zero attached hydrogens (tertiary/aromatic N) is 2. The van der Waals surface area contributed by atoms with Gasteiger partial charge in [-0.25, -0.2) is 0 Å². The van der Waals surface area contributed by atoms with Crippen molar-refractivity contribution >= 4 is 29.0 Å². The van der Waals surface area contributed by atoms with Gasteiger partial charge in [0, 0.05) is 18.7 Å². The molecule has 2 rings (SSSR count). The van der Waals surface area contributed by atoms with E-state index in [1.807, 2.05) is 37.3 Å². The number of hydrogen-bond donors (Lipinski definition) is 1. The molecule has 0 aliphatic heterocycles. The zero-order valence-electron chi connectivity index (χ0n) is 10.6. The first-order chi connectivity index (χ1) is 9.24. The molecular formula is C13H15N3OS2. The van der Waals surface area contributed by atoms with Gasteiger partial charge in [-0.15, -0.1) is 10.2 Å². The number of amides is 1. The number of rotatable bonds is 6. The van der Waals surface area contributed by atoms with Gasteiger partial charge in [0.25, 0.3) is 0 Å². The van der Waals surface area contributed by atoms with Gasteiger partial charge >= 0.3 is 0 Å². The summed E-state index contributed by atoms with van der Waals surface area (Å²) in [4.78, 5) is 11.7. The number of carbonyl (C=O) groups excluding carboxylic acids is 1. The van der Waals surface area contributed by atoms with Crippen molar-refractivity contribution in [3.8, 4) is 0 Å². The molecule has 1 aromatic heterocycles. The molecule has 1 amide bonds. The maximum absolute atomic E-state index is 11.7. The summed E-state index contributed by atoms with van der Waals surface area (Å²) in [5, 5.41) is 11.8. The fraction of sp³-hybridized carbons (Fsp3) is 0.308. The van der Waals surface area contributed by atoms with E-state index >= 15 is 0 Å². The molecule has 2 aromatic rings. The first-order valence-electron chi connectivity index (χ1n) is 5.97. The van der Waals surface area contributed by atoms with Gasteiger partial charge in [0.1, 0.15) is 5.01 Å². The van der Waals surface area contributed by atoms with E-state index in [1.165, 1.54) is 0 Å². The van der Waals surface area contributed by atoms with E-state index < -0.39 is 0 Å². The molecule has 0 radical (unpaired) electrons. The molecule has 0 saturated carbocycles. The minimum atomic E-state index is 0.0672. The number of aryl methyl sites for hydroxylation is 1. The third kappa shape index (κ3) is 5.00. The molecule has 0 atom stereocenters. The zero-order chi connectivity index (χ0) is 13.5. The normalized spacial score (nSPS) is 10.4. The van der Waals surface area contributed by atoms with Gasteiger partial charge in [0.05, 0.1) is 0 Å². The van der Waals surface area contributed by atoms with Crippen LogP contribution in [0.4, 0.5) is 0 Å². The zero-order valence-corrected chi connectivity index (χ0v) is 12.3. The van der Waals surface area contributed by atoms with E-state index in [2.05, 4.69) is 15.5 Å². The molecule has 0 fully saturated rings. The largest absolute Gasteiger partial charge is 0.352 e. The molecule has 4 nitrogen and oxygen atoms in total. The smallest absolute Gasteiger partial charge is 0.221 e. The first kappa shape index (κ1) is 14.0. The number of benzene rings is 1. The molecule has 6 heteroatoms. The molecule has 19 heavy (non-hydrogen) atoms. The Hall–Kier alpha value is -1.40. The highest BCUT2D eigenvalue weighted by atomic mass is 32.2. The number of thioether (sulfide) groups is 1. The lowest BCUT2D eigenvalue weighted by atomic mass is 10.2. The predicted octanol–water partition coefficient (Wildman–Crippen LogP) is 2.65. The van der Waals surface area contributed by atoms with E-state index in [0.29, 0.717) is 13.0 Å². The lowest BCUT2D eigenvalue weighted by molar-refractivity contribution is -0.120. The average Bonchev–Trinajstić information content (AvgIpc) is 2.83. The van der Waals surface area contributed by atoms with Crippen LogP contribution in [0.1, 0.15) is 17.0 Å². The predicted molar refractivity (Wildman–Crippen MR) is 78.3 cm³/mol. The lowest BCUT2D eigenvalue weighted by Gasteiger charge is -2.04. The molecule has 100 valence electrons. The lowest BCUT2D eigenvalue weighted by Crippen LogP contribution is -2.22. The summed E-state index contributed by atoms with van der Waals surface area (Å²) in [6.45, 7) is 2.51. The number of hydrogen-bond acceptors (Lipinski definition) is 5. The second-order valence-corrected chi connectivity index (χ2v) is 6.47. The van der Waals surface area contributed by atoms with Crippen molar-refractivity contribution in [3.05, 3.63) is 40.9 Å². The van der Waals surface area contributed by atoms with Crippen molar-refractivity contribution in [1.82, 2.24) is 15.5 Å². The molecular weight excluding hydrogens is 278 g/mol. The van der Waals surface area contributed by atoms with E-state index in [-0.39, 0.29) is 5.91 Å². The van der Waals surface area contributed by atoms with Gasteiger partial charge in [-0.3, -0.25) is 4.79 Å². The van der Waals surface area contributed by atoms with Crippen molar-refractivity contribution < 1.29 is 4.79 Å². The van der Waals surface area contributed by atoms with Crippen LogP contribution >= 0.6 is 23.1 Å². The second kappa shape index (κ2) is 7.25. The quantitative estimate of drug-likeness (QED) is 0.832. The number of carbonyl (C=O) groups is 1. The average molecular weight is 293 g/mol. The summed E-state index contributed by atoms with van der Waals surface area (Å²) < 4.78 is 0.924. The fourth-order valence-electron chi connectivity index (χ4n) is 1.45. The molecule has 0 aliphatic carbocycles. The third-order valence-electron chi connectivity index (χ3n) is 2.39. The van der Waals surface area contributed by atoms with Crippen LogP contribution in [-0.4, -0.2) is 21.9 Å². The van der Waals surface area contributed by atoms with Crippen LogP contribution in [0.3, 0.4) is 0 Å². The topological polar surface area (TPSA) is 54.9 Å². The second-order valence-electron chi connectivity index (χ2n) is 3.95. The maximum atomic E-state index is 11.7. The van der Waals surface area contributed by atoms with Gasteiger partial charge in [-0.2, -0.15) is 0 Å². The van der Waals surface area contributed by atoms with Crippen LogP contribution in [0.5, 0.6) is 0 Å². The molecule has 0 aliphatic rings. The Bertz CT molecular complexity index is 528. The van der Waals surface area contributed by atoms with Gasteiger partial charge in [0.15, 0.2) is 4.34 Å². The monoisotopic (exact) mass is 293 g/mol. The summed E-state index contributed by atoms with van der Waals surface area (Å²) in [6.07, 6.45) is 0.496. The van der Waals surface area contributed by atoms with E-state index in [1.54, 1.807) is 23.1 Å². The van der Waals surface area contributed by atoms with Crippen molar-refractivity contribution in [2.45, 2.75) is 24.2 Å². The van der Waals surface area contributed by atoms with Crippen LogP contribution < -0.4 is 5.32 Å². The van der Waals surface area contributed by atoms with Crippen molar-refractivity contribution in [3.63, 3.8) is 0 Å². The Morgan fingerprint density at radius 1 is 1.32 bits per heavy atom.